The molecule has 0 spiro atoms. The van der Waals surface area contributed by atoms with E-state index in [4.69, 9.17) is 9.84 Å². The third kappa shape index (κ3) is 7.12. The van der Waals surface area contributed by atoms with E-state index in [2.05, 4.69) is 10.6 Å². The van der Waals surface area contributed by atoms with Gasteiger partial charge in [-0.25, -0.2) is 4.79 Å². The van der Waals surface area contributed by atoms with Crippen LogP contribution in [0.2, 0.25) is 0 Å². The quantitative estimate of drug-likeness (QED) is 0.561. The van der Waals surface area contributed by atoms with E-state index in [-0.39, 0.29) is 12.5 Å². The van der Waals surface area contributed by atoms with Gasteiger partial charge in [0.15, 0.2) is 0 Å². The molecule has 3 N–H and O–H groups in total. The number of ether oxygens (including phenoxy) is 1. The monoisotopic (exact) mass is 272 g/mol. The van der Waals surface area contributed by atoms with Crippen LogP contribution >= 0.6 is 0 Å². The molecule has 1 atom stereocenters. The Bertz CT molecular complexity index is 290. The normalized spacial score (nSPS) is 17.9. The number of carbonyl (C=O) groups is 2. The maximum absolute atomic E-state index is 10.9. The van der Waals surface area contributed by atoms with E-state index in [1.807, 2.05) is 0 Å². The van der Waals surface area contributed by atoms with Gasteiger partial charge in [0.25, 0.3) is 0 Å². The molecule has 0 aromatic heterocycles. The fourth-order valence-electron chi connectivity index (χ4n) is 2.22. The van der Waals surface area contributed by atoms with Gasteiger partial charge in [0.05, 0.1) is 12.7 Å². The number of aliphatic carboxylic acids is 1. The number of carboxylic acid groups (broad SMARTS) is 1. The molecule has 0 bridgehead atoms. The molecule has 0 aromatic rings. The number of carbonyl (C=O) groups excluding carboxylic acids is 1. The Balaban J connectivity index is 2.07. The van der Waals surface area contributed by atoms with E-state index >= 15 is 0 Å². The van der Waals surface area contributed by atoms with Crippen LogP contribution in [0.15, 0.2) is 0 Å². The molecule has 0 saturated heterocycles. The van der Waals surface area contributed by atoms with Crippen molar-refractivity contribution in [3.63, 3.8) is 0 Å². The van der Waals surface area contributed by atoms with Gasteiger partial charge in [0.2, 0.25) is 5.91 Å². The molecule has 19 heavy (non-hydrogen) atoms. The van der Waals surface area contributed by atoms with Crippen LogP contribution < -0.4 is 10.6 Å². The average Bonchev–Trinajstić information content (AvgIpc) is 2.37. The van der Waals surface area contributed by atoms with Crippen molar-refractivity contribution in [3.8, 4) is 0 Å². The molecule has 1 fully saturated rings. The largest absolute Gasteiger partial charge is 0.480 e. The maximum atomic E-state index is 10.9. The molecular formula is C13H24N2O4. The molecule has 1 amide bonds. The Kier molecular flexibility index (Phi) is 7.43. The van der Waals surface area contributed by atoms with Gasteiger partial charge in [-0.2, -0.15) is 0 Å². The third-order valence-corrected chi connectivity index (χ3v) is 3.21. The second-order valence-electron chi connectivity index (χ2n) is 4.93. The minimum absolute atomic E-state index is 0.211. The molecule has 110 valence electrons. The summed E-state index contributed by atoms with van der Waals surface area (Å²) in [4.78, 5) is 21.7. The highest BCUT2D eigenvalue weighted by Crippen LogP contribution is 2.19. The fraction of sp³-hybridized carbons (Fsp3) is 0.846. The number of hydrogen-bond donors (Lipinski definition) is 3. The predicted molar refractivity (Wildman–Crippen MR) is 70.9 cm³/mol. The summed E-state index contributed by atoms with van der Waals surface area (Å²) in [7, 11) is 0. The Morgan fingerprint density at radius 3 is 2.58 bits per heavy atom. The van der Waals surface area contributed by atoms with Crippen LogP contribution in [0.25, 0.3) is 0 Å². The molecule has 1 saturated carbocycles. The van der Waals surface area contributed by atoms with Crippen molar-refractivity contribution in [2.24, 2.45) is 0 Å². The van der Waals surface area contributed by atoms with E-state index in [0.717, 1.165) is 12.8 Å². The first-order chi connectivity index (χ1) is 9.09. The lowest BCUT2D eigenvalue weighted by atomic mass is 9.98. The molecule has 0 aromatic carbocycles. The van der Waals surface area contributed by atoms with Crippen LogP contribution in [-0.4, -0.2) is 48.8 Å². The molecule has 6 heteroatoms. The van der Waals surface area contributed by atoms with Crippen molar-refractivity contribution in [1.29, 1.82) is 0 Å². The second kappa shape index (κ2) is 8.87. The average molecular weight is 272 g/mol. The topological polar surface area (TPSA) is 87.7 Å². The van der Waals surface area contributed by atoms with Crippen molar-refractivity contribution in [3.05, 3.63) is 0 Å². The molecule has 0 aliphatic heterocycles. The Hall–Kier alpha value is -1.14. The maximum Gasteiger partial charge on any atom is 0.327 e. The van der Waals surface area contributed by atoms with Gasteiger partial charge in [0.1, 0.15) is 6.04 Å². The zero-order chi connectivity index (χ0) is 14.1. The summed E-state index contributed by atoms with van der Waals surface area (Å²) in [6.45, 7) is 2.70. The summed E-state index contributed by atoms with van der Waals surface area (Å²) in [6, 6.07) is -0.882. The number of amides is 1. The van der Waals surface area contributed by atoms with Crippen LogP contribution in [0.4, 0.5) is 0 Å². The lowest BCUT2D eigenvalue weighted by Crippen LogP contribution is -2.47. The molecule has 6 nitrogen and oxygen atoms in total. The first-order valence-corrected chi connectivity index (χ1v) is 6.92. The summed E-state index contributed by atoms with van der Waals surface area (Å²) in [5.41, 5.74) is 0. The smallest absolute Gasteiger partial charge is 0.327 e. The van der Waals surface area contributed by atoms with E-state index in [9.17, 15) is 9.59 Å². The first kappa shape index (κ1) is 15.9. The molecule has 0 heterocycles. The molecule has 1 rings (SSSR count). The molecule has 1 aliphatic carbocycles. The predicted octanol–water partition coefficient (Wildman–Crippen LogP) is 0.515. The highest BCUT2D eigenvalue weighted by atomic mass is 16.5. The number of nitrogens with one attached hydrogen (secondary N) is 2. The summed E-state index contributed by atoms with van der Waals surface area (Å²) >= 11 is 0. The van der Waals surface area contributed by atoms with Gasteiger partial charge in [-0.15, -0.1) is 0 Å². The lowest BCUT2D eigenvalue weighted by molar-refractivity contribution is -0.141. The molecule has 1 unspecified atom stereocenters. The third-order valence-electron chi connectivity index (χ3n) is 3.21. The van der Waals surface area contributed by atoms with Crippen molar-refractivity contribution in [2.75, 3.05) is 19.7 Å². The van der Waals surface area contributed by atoms with Gasteiger partial charge < -0.3 is 20.5 Å². The zero-order valence-corrected chi connectivity index (χ0v) is 11.5. The second-order valence-corrected chi connectivity index (χ2v) is 4.93. The molecular weight excluding hydrogens is 248 g/mol. The van der Waals surface area contributed by atoms with E-state index < -0.39 is 12.0 Å². The highest BCUT2D eigenvalue weighted by molar-refractivity contribution is 5.82. The van der Waals surface area contributed by atoms with Gasteiger partial charge in [-0.1, -0.05) is 19.3 Å². The zero-order valence-electron chi connectivity index (χ0n) is 11.5. The number of hydrogen-bond acceptors (Lipinski definition) is 4. The molecule has 1 aliphatic rings. The van der Waals surface area contributed by atoms with E-state index in [1.165, 1.54) is 26.2 Å². The Labute approximate surface area is 113 Å². The van der Waals surface area contributed by atoms with Crippen molar-refractivity contribution < 1.29 is 19.4 Å². The number of rotatable bonds is 8. The lowest BCUT2D eigenvalue weighted by Gasteiger charge is -2.22. The van der Waals surface area contributed by atoms with Crippen LogP contribution in [0, 0.1) is 0 Å². The van der Waals surface area contributed by atoms with Gasteiger partial charge in [-0.3, -0.25) is 4.79 Å². The summed E-state index contributed by atoms with van der Waals surface area (Å²) < 4.78 is 5.71. The standard InChI is InChI=1S/C13H24N2O4/c1-10(16)15-12(13(17)18)9-14-7-8-19-11-5-3-2-4-6-11/h11-12,14H,2-9H2,1H3,(H,15,16)(H,17,18). The van der Waals surface area contributed by atoms with Crippen LogP contribution in [0.1, 0.15) is 39.0 Å². The summed E-state index contributed by atoms with van der Waals surface area (Å²) in [5.74, 6) is -1.37. The molecule has 0 radical (unpaired) electrons. The van der Waals surface area contributed by atoms with Crippen LogP contribution in [-0.2, 0) is 14.3 Å². The van der Waals surface area contributed by atoms with Crippen LogP contribution in [0.3, 0.4) is 0 Å². The van der Waals surface area contributed by atoms with Gasteiger partial charge in [-0.05, 0) is 12.8 Å². The van der Waals surface area contributed by atoms with E-state index in [0.29, 0.717) is 19.3 Å². The van der Waals surface area contributed by atoms with Crippen LogP contribution in [0.5, 0.6) is 0 Å². The minimum atomic E-state index is -1.03. The minimum Gasteiger partial charge on any atom is -0.480 e. The Morgan fingerprint density at radius 1 is 1.32 bits per heavy atom. The summed E-state index contributed by atoms with van der Waals surface area (Å²) in [5, 5.41) is 14.3. The highest BCUT2D eigenvalue weighted by Gasteiger charge is 2.17. The summed E-state index contributed by atoms with van der Waals surface area (Å²) in [6.07, 6.45) is 6.40. The van der Waals surface area contributed by atoms with E-state index in [1.54, 1.807) is 0 Å². The fourth-order valence-corrected chi connectivity index (χ4v) is 2.22. The van der Waals surface area contributed by atoms with Crippen molar-refractivity contribution in [2.45, 2.75) is 51.2 Å². The number of carboxylic acids is 1. The SMILES string of the molecule is CC(=O)NC(CNCCOC1CCCCC1)C(=O)O. The van der Waals surface area contributed by atoms with Crippen molar-refractivity contribution in [1.82, 2.24) is 10.6 Å². The van der Waals surface area contributed by atoms with Gasteiger partial charge in [0, 0.05) is 20.0 Å². The first-order valence-electron chi connectivity index (χ1n) is 6.92. The van der Waals surface area contributed by atoms with Gasteiger partial charge >= 0.3 is 5.97 Å². The Morgan fingerprint density at radius 2 is 2.00 bits per heavy atom. The van der Waals surface area contributed by atoms with Crippen molar-refractivity contribution >= 4 is 11.9 Å².